The van der Waals surface area contributed by atoms with E-state index in [1.165, 1.54) is 23.1 Å². The van der Waals surface area contributed by atoms with Crippen molar-refractivity contribution in [3.05, 3.63) is 53.9 Å². The molecule has 0 aliphatic heterocycles. The van der Waals surface area contributed by atoms with Gasteiger partial charge in [-0.15, -0.1) is 5.10 Å². The number of nitriles is 1. The summed E-state index contributed by atoms with van der Waals surface area (Å²) in [6.07, 6.45) is 2.79. The molecule has 1 aromatic carbocycles. The van der Waals surface area contributed by atoms with Crippen LogP contribution < -0.4 is 10.5 Å². The highest BCUT2D eigenvalue weighted by atomic mass is 16.5. The molecule has 0 fully saturated rings. The summed E-state index contributed by atoms with van der Waals surface area (Å²) in [6.45, 7) is 0. The van der Waals surface area contributed by atoms with Gasteiger partial charge in [0.15, 0.2) is 11.6 Å². The maximum absolute atomic E-state index is 11.1. The van der Waals surface area contributed by atoms with Crippen molar-refractivity contribution in [2.45, 2.75) is 0 Å². The van der Waals surface area contributed by atoms with E-state index in [0.717, 1.165) is 5.56 Å². The molecule has 0 amide bonds. The van der Waals surface area contributed by atoms with Gasteiger partial charge in [0.1, 0.15) is 11.3 Å². The Morgan fingerprint density at radius 3 is 2.84 bits per heavy atom. The van der Waals surface area contributed by atoms with Crippen molar-refractivity contribution >= 4 is 11.8 Å². The molecule has 8 heteroatoms. The van der Waals surface area contributed by atoms with Crippen LogP contribution in [-0.4, -0.2) is 33.0 Å². The normalized spacial score (nSPS) is 10.2. The van der Waals surface area contributed by atoms with Gasteiger partial charge in [-0.2, -0.15) is 5.26 Å². The molecule has 124 valence electrons. The van der Waals surface area contributed by atoms with Crippen molar-refractivity contribution in [3.63, 3.8) is 0 Å². The minimum atomic E-state index is -1.18. The number of aromatic nitrogens is 3. The predicted octanol–water partition coefficient (Wildman–Crippen LogP) is 2.09. The smallest absolute Gasteiger partial charge is 0.341 e. The number of pyridine rings is 1. The van der Waals surface area contributed by atoms with E-state index in [9.17, 15) is 10.1 Å². The summed E-state index contributed by atoms with van der Waals surface area (Å²) in [4.78, 5) is 15.3. The Kier molecular flexibility index (Phi) is 4.05. The van der Waals surface area contributed by atoms with Gasteiger partial charge in [-0.1, -0.05) is 12.1 Å². The summed E-state index contributed by atoms with van der Waals surface area (Å²) >= 11 is 0. The number of aromatic carboxylic acids is 1. The molecule has 25 heavy (non-hydrogen) atoms. The Labute approximate surface area is 142 Å². The summed E-state index contributed by atoms with van der Waals surface area (Å²) in [7, 11) is 1.56. The minimum Gasteiger partial charge on any atom is -0.497 e. The largest absolute Gasteiger partial charge is 0.497 e. The van der Waals surface area contributed by atoms with Crippen LogP contribution in [0.4, 0.5) is 5.82 Å². The molecule has 0 unspecified atom stereocenters. The van der Waals surface area contributed by atoms with Crippen molar-refractivity contribution in [3.8, 4) is 28.8 Å². The number of carboxylic acids is 1. The molecule has 2 aromatic heterocycles. The Morgan fingerprint density at radius 2 is 2.20 bits per heavy atom. The van der Waals surface area contributed by atoms with Crippen LogP contribution in [0.15, 0.2) is 42.7 Å². The number of benzene rings is 1. The molecule has 3 N–H and O–H groups in total. The lowest BCUT2D eigenvalue weighted by Gasteiger charge is -2.08. The second-order valence-electron chi connectivity index (χ2n) is 5.11. The summed E-state index contributed by atoms with van der Waals surface area (Å²) < 4.78 is 6.43. The van der Waals surface area contributed by atoms with Crippen molar-refractivity contribution in [1.29, 1.82) is 5.26 Å². The van der Waals surface area contributed by atoms with Crippen molar-refractivity contribution in [2.24, 2.45) is 0 Å². The number of carboxylic acid groups (broad SMARTS) is 1. The number of methoxy groups -OCH3 is 1. The van der Waals surface area contributed by atoms with Crippen molar-refractivity contribution in [1.82, 2.24) is 14.8 Å². The van der Waals surface area contributed by atoms with Gasteiger partial charge in [-0.05, 0) is 17.7 Å². The third-order valence-electron chi connectivity index (χ3n) is 3.60. The molecule has 3 rings (SSSR count). The molecular formula is C17H13N5O3. The molecule has 0 atom stereocenters. The first-order chi connectivity index (χ1) is 12.0. The number of nitrogens with zero attached hydrogens (tertiary/aromatic N) is 4. The SMILES string of the molecule is COc1cccc(-c2cnc(-n3cc(C(=O)O)c(N)n3)cc2C#N)c1. The highest BCUT2D eigenvalue weighted by Crippen LogP contribution is 2.27. The Balaban J connectivity index is 2.07. The van der Waals surface area contributed by atoms with E-state index in [4.69, 9.17) is 15.6 Å². The Hall–Kier alpha value is -3.86. The maximum atomic E-state index is 11.1. The van der Waals surface area contributed by atoms with Gasteiger partial charge >= 0.3 is 5.97 Å². The first-order valence-electron chi connectivity index (χ1n) is 7.17. The van der Waals surface area contributed by atoms with Crippen LogP contribution in [0.25, 0.3) is 16.9 Å². The number of hydrogen-bond acceptors (Lipinski definition) is 6. The molecule has 8 nitrogen and oxygen atoms in total. The lowest BCUT2D eigenvalue weighted by Crippen LogP contribution is -2.01. The molecule has 3 aromatic rings. The minimum absolute atomic E-state index is 0.121. The van der Waals surface area contributed by atoms with Gasteiger partial charge in [0.05, 0.1) is 18.7 Å². The number of anilines is 1. The molecule has 0 saturated carbocycles. The predicted molar refractivity (Wildman–Crippen MR) is 89.4 cm³/mol. The number of carbonyl (C=O) groups is 1. The van der Waals surface area contributed by atoms with E-state index in [0.29, 0.717) is 22.7 Å². The topological polar surface area (TPSA) is 127 Å². The molecule has 0 aliphatic carbocycles. The van der Waals surface area contributed by atoms with Gasteiger partial charge in [0, 0.05) is 24.0 Å². The van der Waals surface area contributed by atoms with Crippen LogP contribution in [0.1, 0.15) is 15.9 Å². The quantitative estimate of drug-likeness (QED) is 0.747. The van der Waals surface area contributed by atoms with E-state index in [1.54, 1.807) is 19.2 Å². The first kappa shape index (κ1) is 16.0. The van der Waals surface area contributed by atoms with Crippen LogP contribution >= 0.6 is 0 Å². The second-order valence-corrected chi connectivity index (χ2v) is 5.11. The lowest BCUT2D eigenvalue weighted by molar-refractivity contribution is 0.0698. The number of rotatable bonds is 4. The summed E-state index contributed by atoms with van der Waals surface area (Å²) in [5, 5.41) is 22.4. The first-order valence-corrected chi connectivity index (χ1v) is 7.17. The summed E-state index contributed by atoms with van der Waals surface area (Å²) in [6, 6.07) is 10.9. The van der Waals surface area contributed by atoms with Gasteiger partial charge in [0.25, 0.3) is 0 Å². The zero-order chi connectivity index (χ0) is 18.0. The summed E-state index contributed by atoms with van der Waals surface area (Å²) in [5.74, 6) is -0.347. The molecule has 0 radical (unpaired) electrons. The maximum Gasteiger partial charge on any atom is 0.341 e. The second kappa shape index (κ2) is 6.33. The van der Waals surface area contributed by atoms with Crippen LogP contribution in [-0.2, 0) is 0 Å². The molecule has 0 aliphatic rings. The fourth-order valence-electron chi connectivity index (χ4n) is 2.35. The van der Waals surface area contributed by atoms with Crippen LogP contribution in [0.3, 0.4) is 0 Å². The standard InChI is InChI=1S/C17H13N5O3/c1-25-12-4-2-3-10(5-12)13-8-20-15(6-11(13)7-18)22-9-14(17(23)24)16(19)21-22/h2-6,8-9H,1H3,(H2,19,21)(H,23,24). The van der Waals surface area contributed by atoms with E-state index < -0.39 is 5.97 Å². The molecule has 0 saturated heterocycles. The highest BCUT2D eigenvalue weighted by molar-refractivity contribution is 5.92. The van der Waals surface area contributed by atoms with E-state index >= 15 is 0 Å². The van der Waals surface area contributed by atoms with Crippen LogP contribution in [0, 0.1) is 11.3 Å². The zero-order valence-corrected chi connectivity index (χ0v) is 13.2. The van der Waals surface area contributed by atoms with Crippen LogP contribution in [0.5, 0.6) is 5.75 Å². The van der Waals surface area contributed by atoms with Crippen molar-refractivity contribution in [2.75, 3.05) is 12.8 Å². The third kappa shape index (κ3) is 2.98. The third-order valence-corrected chi connectivity index (χ3v) is 3.60. The molecule has 0 bridgehead atoms. The number of hydrogen-bond donors (Lipinski definition) is 2. The van der Waals surface area contributed by atoms with Crippen LogP contribution in [0.2, 0.25) is 0 Å². The average molecular weight is 335 g/mol. The number of nitrogen functional groups attached to an aromatic ring is 1. The van der Waals surface area contributed by atoms with Gasteiger partial charge in [0.2, 0.25) is 0 Å². The van der Waals surface area contributed by atoms with Gasteiger partial charge in [-0.3, -0.25) is 0 Å². The lowest BCUT2D eigenvalue weighted by atomic mass is 10.0. The van der Waals surface area contributed by atoms with E-state index in [-0.39, 0.29) is 11.4 Å². The van der Waals surface area contributed by atoms with Crippen molar-refractivity contribution < 1.29 is 14.6 Å². The summed E-state index contributed by atoms with van der Waals surface area (Å²) in [5.41, 5.74) is 7.23. The van der Waals surface area contributed by atoms with Gasteiger partial charge in [-0.25, -0.2) is 14.5 Å². The number of nitrogens with two attached hydrogens (primary N) is 1. The Bertz CT molecular complexity index is 1000. The van der Waals surface area contributed by atoms with Gasteiger partial charge < -0.3 is 15.6 Å². The number of ether oxygens (including phenoxy) is 1. The fourth-order valence-corrected chi connectivity index (χ4v) is 2.35. The van der Waals surface area contributed by atoms with E-state index in [2.05, 4.69) is 16.2 Å². The molecular weight excluding hydrogens is 322 g/mol. The zero-order valence-electron chi connectivity index (χ0n) is 13.2. The highest BCUT2D eigenvalue weighted by Gasteiger charge is 2.15. The Morgan fingerprint density at radius 1 is 1.40 bits per heavy atom. The fraction of sp³-hybridized carbons (Fsp3) is 0.0588. The average Bonchev–Trinajstić information content (AvgIpc) is 3.03. The monoisotopic (exact) mass is 335 g/mol. The molecule has 0 spiro atoms. The van der Waals surface area contributed by atoms with E-state index in [1.807, 2.05) is 12.1 Å². The molecule has 2 heterocycles.